The molecule has 7 heteroatoms. The van der Waals surface area contributed by atoms with E-state index in [-0.39, 0.29) is 17.4 Å². The number of carbonyl (C=O) groups excluding carboxylic acids is 2. The number of nitrogens with one attached hydrogen (secondary N) is 1. The van der Waals surface area contributed by atoms with Crippen LogP contribution in [0.15, 0.2) is 5.51 Å². The topological polar surface area (TPSA) is 62.3 Å². The van der Waals surface area contributed by atoms with Gasteiger partial charge in [-0.05, 0) is 27.7 Å². The highest BCUT2D eigenvalue weighted by Crippen LogP contribution is 2.26. The number of aromatic nitrogens is 1. The second-order valence-corrected chi connectivity index (χ2v) is 7.65. The fraction of sp³-hybridized carbons (Fsp3) is 0.615. The van der Waals surface area contributed by atoms with E-state index in [4.69, 9.17) is 0 Å². The van der Waals surface area contributed by atoms with Gasteiger partial charge in [-0.2, -0.15) is 0 Å². The molecule has 0 saturated carbocycles. The van der Waals surface area contributed by atoms with E-state index in [2.05, 4.69) is 10.3 Å². The molecule has 5 nitrogen and oxygen atoms in total. The normalized spacial score (nSPS) is 19.2. The number of thiazole rings is 1. The monoisotopic (exact) mass is 313 g/mol. The standard InChI is InChI=1S/C13H19N3O2S2/c1-8-10(20-6-14-8)12(18)16-7-19-5-9(16)11(17)15-13(2,3)4/h6,9H,5,7H2,1-4H3,(H,15,17)/t9-/m1/s1. The van der Waals surface area contributed by atoms with Gasteiger partial charge < -0.3 is 10.2 Å². The Hall–Kier alpha value is -1.08. The van der Waals surface area contributed by atoms with Gasteiger partial charge in [0.2, 0.25) is 5.91 Å². The molecule has 1 fully saturated rings. The van der Waals surface area contributed by atoms with Crippen LogP contribution in [-0.2, 0) is 4.79 Å². The van der Waals surface area contributed by atoms with Crippen molar-refractivity contribution in [2.75, 3.05) is 11.6 Å². The number of amides is 2. The summed E-state index contributed by atoms with van der Waals surface area (Å²) in [7, 11) is 0. The molecule has 20 heavy (non-hydrogen) atoms. The maximum Gasteiger partial charge on any atom is 0.267 e. The zero-order valence-corrected chi connectivity index (χ0v) is 13.7. The Morgan fingerprint density at radius 2 is 2.15 bits per heavy atom. The number of thioether (sulfide) groups is 1. The van der Waals surface area contributed by atoms with Crippen LogP contribution in [0.3, 0.4) is 0 Å². The zero-order chi connectivity index (χ0) is 14.9. The summed E-state index contributed by atoms with van der Waals surface area (Å²) in [5, 5.41) is 2.95. The number of nitrogens with zero attached hydrogens (tertiary/aromatic N) is 2. The van der Waals surface area contributed by atoms with E-state index in [0.29, 0.717) is 16.5 Å². The highest BCUT2D eigenvalue weighted by atomic mass is 32.2. The summed E-state index contributed by atoms with van der Waals surface area (Å²) in [5.74, 6) is 1.02. The van der Waals surface area contributed by atoms with E-state index in [0.717, 1.165) is 5.69 Å². The lowest BCUT2D eigenvalue weighted by molar-refractivity contribution is -0.125. The summed E-state index contributed by atoms with van der Waals surface area (Å²) in [4.78, 5) is 31.2. The van der Waals surface area contributed by atoms with Crippen molar-refractivity contribution >= 4 is 34.9 Å². The molecule has 1 saturated heterocycles. The fourth-order valence-corrected chi connectivity index (χ4v) is 3.86. The van der Waals surface area contributed by atoms with Gasteiger partial charge in [0, 0.05) is 11.3 Å². The molecule has 0 spiro atoms. The van der Waals surface area contributed by atoms with Gasteiger partial charge in [-0.3, -0.25) is 9.59 Å². The maximum absolute atomic E-state index is 12.5. The predicted octanol–water partition coefficient (Wildman–Crippen LogP) is 1.88. The number of hydrogen-bond acceptors (Lipinski definition) is 5. The van der Waals surface area contributed by atoms with Crippen molar-refractivity contribution in [1.29, 1.82) is 0 Å². The van der Waals surface area contributed by atoms with Gasteiger partial charge >= 0.3 is 0 Å². The molecule has 1 N–H and O–H groups in total. The van der Waals surface area contributed by atoms with E-state index >= 15 is 0 Å². The van der Waals surface area contributed by atoms with Crippen molar-refractivity contribution < 1.29 is 9.59 Å². The van der Waals surface area contributed by atoms with Gasteiger partial charge in [-0.25, -0.2) is 4.98 Å². The van der Waals surface area contributed by atoms with Crippen LogP contribution in [0.1, 0.15) is 36.1 Å². The van der Waals surface area contributed by atoms with Crippen molar-refractivity contribution in [2.45, 2.75) is 39.3 Å². The van der Waals surface area contributed by atoms with E-state index in [1.165, 1.54) is 11.3 Å². The molecule has 110 valence electrons. The van der Waals surface area contributed by atoms with Gasteiger partial charge in [-0.1, -0.05) is 0 Å². The average Bonchev–Trinajstić information content (AvgIpc) is 2.93. The van der Waals surface area contributed by atoms with Crippen molar-refractivity contribution in [3.63, 3.8) is 0 Å². The lowest BCUT2D eigenvalue weighted by Gasteiger charge is -2.27. The maximum atomic E-state index is 12.5. The number of aryl methyl sites for hydroxylation is 1. The number of hydrogen-bond donors (Lipinski definition) is 1. The molecule has 1 atom stereocenters. The fourth-order valence-electron chi connectivity index (χ4n) is 1.95. The number of rotatable bonds is 2. The number of carbonyl (C=O) groups is 2. The van der Waals surface area contributed by atoms with Crippen LogP contribution in [0.4, 0.5) is 0 Å². The van der Waals surface area contributed by atoms with Gasteiger partial charge in [0.1, 0.15) is 10.9 Å². The molecule has 0 aromatic carbocycles. The third-order valence-electron chi connectivity index (χ3n) is 2.88. The Morgan fingerprint density at radius 3 is 2.70 bits per heavy atom. The lowest BCUT2D eigenvalue weighted by atomic mass is 10.1. The first-order chi connectivity index (χ1) is 9.29. The summed E-state index contributed by atoms with van der Waals surface area (Å²) in [5.41, 5.74) is 2.10. The molecule has 2 rings (SSSR count). The SMILES string of the molecule is Cc1ncsc1C(=O)N1CSC[C@@H]1C(=O)NC(C)(C)C. The Labute approximate surface area is 127 Å². The second kappa shape index (κ2) is 5.73. The van der Waals surface area contributed by atoms with E-state index in [9.17, 15) is 9.59 Å². The second-order valence-electron chi connectivity index (χ2n) is 5.80. The Kier molecular flexibility index (Phi) is 4.39. The first-order valence-corrected chi connectivity index (χ1v) is 8.44. The molecule has 1 aromatic rings. The molecule has 2 amide bonds. The first-order valence-electron chi connectivity index (χ1n) is 6.40. The highest BCUT2D eigenvalue weighted by Gasteiger charge is 2.37. The minimum Gasteiger partial charge on any atom is -0.350 e. The van der Waals surface area contributed by atoms with E-state index < -0.39 is 6.04 Å². The molecule has 1 aliphatic heterocycles. The van der Waals surface area contributed by atoms with Crippen molar-refractivity contribution in [3.05, 3.63) is 16.1 Å². The smallest absolute Gasteiger partial charge is 0.267 e. The van der Waals surface area contributed by atoms with Crippen LogP contribution >= 0.6 is 23.1 Å². The molecule has 0 aliphatic carbocycles. The third kappa shape index (κ3) is 3.32. The zero-order valence-electron chi connectivity index (χ0n) is 12.1. The minimum atomic E-state index is -0.395. The van der Waals surface area contributed by atoms with Crippen molar-refractivity contribution in [2.24, 2.45) is 0 Å². The quantitative estimate of drug-likeness (QED) is 0.905. The summed E-state index contributed by atoms with van der Waals surface area (Å²) >= 11 is 2.93. The van der Waals surface area contributed by atoms with Crippen LogP contribution in [0.5, 0.6) is 0 Å². The molecule has 0 unspecified atom stereocenters. The van der Waals surface area contributed by atoms with Gasteiger partial charge in [0.15, 0.2) is 0 Å². The molecular formula is C13H19N3O2S2. The van der Waals surface area contributed by atoms with Crippen molar-refractivity contribution in [1.82, 2.24) is 15.2 Å². The lowest BCUT2D eigenvalue weighted by Crippen LogP contribution is -2.52. The summed E-state index contributed by atoms with van der Waals surface area (Å²) in [6, 6.07) is -0.395. The largest absolute Gasteiger partial charge is 0.350 e. The summed E-state index contributed by atoms with van der Waals surface area (Å²) in [6.45, 7) is 7.63. The Balaban J connectivity index is 2.13. The molecular weight excluding hydrogens is 294 g/mol. The van der Waals surface area contributed by atoms with Crippen LogP contribution in [0.2, 0.25) is 0 Å². The van der Waals surface area contributed by atoms with Crippen LogP contribution in [0.25, 0.3) is 0 Å². The first kappa shape index (κ1) is 15.3. The van der Waals surface area contributed by atoms with Crippen LogP contribution in [-0.4, -0.2) is 44.9 Å². The molecule has 1 aliphatic rings. The summed E-state index contributed by atoms with van der Waals surface area (Å²) < 4.78 is 0. The minimum absolute atomic E-state index is 0.0852. The van der Waals surface area contributed by atoms with Crippen LogP contribution in [0, 0.1) is 6.92 Å². The Bertz CT molecular complexity index is 522. The predicted molar refractivity (Wildman–Crippen MR) is 82.0 cm³/mol. The molecule has 2 heterocycles. The Morgan fingerprint density at radius 1 is 1.45 bits per heavy atom. The third-order valence-corrected chi connectivity index (χ3v) is 4.81. The average molecular weight is 313 g/mol. The summed E-state index contributed by atoms with van der Waals surface area (Å²) in [6.07, 6.45) is 0. The van der Waals surface area contributed by atoms with Crippen molar-refractivity contribution in [3.8, 4) is 0 Å². The van der Waals surface area contributed by atoms with Gasteiger partial charge in [-0.15, -0.1) is 23.1 Å². The van der Waals surface area contributed by atoms with Gasteiger partial charge in [0.05, 0.1) is 17.1 Å². The van der Waals surface area contributed by atoms with Crippen LogP contribution < -0.4 is 5.32 Å². The highest BCUT2D eigenvalue weighted by molar-refractivity contribution is 7.99. The van der Waals surface area contributed by atoms with E-state index in [1.54, 1.807) is 22.2 Å². The molecule has 0 radical (unpaired) electrons. The molecule has 0 bridgehead atoms. The molecule has 1 aromatic heterocycles. The van der Waals surface area contributed by atoms with Gasteiger partial charge in [0.25, 0.3) is 5.91 Å². The van der Waals surface area contributed by atoms with E-state index in [1.807, 2.05) is 27.7 Å².